The van der Waals surface area contributed by atoms with Crippen molar-refractivity contribution in [1.82, 2.24) is 5.32 Å². The molecule has 0 aliphatic heterocycles. The highest BCUT2D eigenvalue weighted by molar-refractivity contribution is 5.90. The number of methoxy groups -OCH3 is 1. The minimum absolute atomic E-state index is 0.0197. The van der Waals surface area contributed by atoms with E-state index in [1.807, 2.05) is 68.4 Å². The van der Waals surface area contributed by atoms with E-state index in [1.165, 1.54) is 7.11 Å². The highest BCUT2D eigenvalue weighted by Gasteiger charge is 2.23. The van der Waals surface area contributed by atoms with Crippen LogP contribution in [0.1, 0.15) is 43.5 Å². The van der Waals surface area contributed by atoms with Crippen LogP contribution in [-0.2, 0) is 14.3 Å². The second-order valence-corrected chi connectivity index (χ2v) is 5.78. The lowest BCUT2D eigenvalue weighted by atomic mass is 10.0. The van der Waals surface area contributed by atoms with E-state index in [0.29, 0.717) is 6.42 Å². The van der Waals surface area contributed by atoms with Crippen molar-refractivity contribution < 1.29 is 14.3 Å². The Kier molecular flexibility index (Phi) is 6.71. The van der Waals surface area contributed by atoms with Crippen LogP contribution in [0.4, 0.5) is 5.69 Å². The van der Waals surface area contributed by atoms with E-state index in [9.17, 15) is 9.59 Å². The molecule has 0 aliphatic rings. The molecular weight excluding hydrogens is 316 g/mol. The zero-order valence-corrected chi connectivity index (χ0v) is 14.8. The summed E-state index contributed by atoms with van der Waals surface area (Å²) >= 11 is 0. The molecule has 2 N–H and O–H groups in total. The molecule has 0 saturated carbocycles. The molecule has 2 rings (SSSR count). The normalized spacial score (nSPS) is 12.9. The van der Waals surface area contributed by atoms with E-state index in [2.05, 4.69) is 10.6 Å². The van der Waals surface area contributed by atoms with Gasteiger partial charge in [-0.1, -0.05) is 49.4 Å². The average Bonchev–Trinajstić information content (AvgIpc) is 2.66. The van der Waals surface area contributed by atoms with Gasteiger partial charge in [-0.25, -0.2) is 4.79 Å². The van der Waals surface area contributed by atoms with Crippen molar-refractivity contribution in [2.45, 2.75) is 32.4 Å². The van der Waals surface area contributed by atoms with E-state index in [1.54, 1.807) is 0 Å². The van der Waals surface area contributed by atoms with Gasteiger partial charge in [0.25, 0.3) is 0 Å². The van der Waals surface area contributed by atoms with Crippen molar-refractivity contribution in [3.63, 3.8) is 0 Å². The molecule has 0 saturated heterocycles. The van der Waals surface area contributed by atoms with Crippen LogP contribution >= 0.6 is 0 Å². The Balaban J connectivity index is 2.11. The molecule has 2 aromatic rings. The van der Waals surface area contributed by atoms with Gasteiger partial charge in [0.2, 0.25) is 5.91 Å². The summed E-state index contributed by atoms with van der Waals surface area (Å²) in [5.74, 6) is -0.348. The van der Waals surface area contributed by atoms with Crippen molar-refractivity contribution in [1.29, 1.82) is 0 Å². The summed E-state index contributed by atoms with van der Waals surface area (Å²) in [4.78, 5) is 23.6. The first kappa shape index (κ1) is 18.7. The third kappa shape index (κ3) is 5.16. The van der Waals surface area contributed by atoms with Crippen LogP contribution in [0.25, 0.3) is 0 Å². The molecule has 0 fully saturated rings. The fourth-order valence-corrected chi connectivity index (χ4v) is 2.51. The molecule has 5 heteroatoms. The maximum atomic E-state index is 12.2. The molecule has 1 amide bonds. The summed E-state index contributed by atoms with van der Waals surface area (Å²) in [6, 6.07) is 16.4. The minimum atomic E-state index is -0.541. The third-order valence-electron chi connectivity index (χ3n) is 4.00. The van der Waals surface area contributed by atoms with Crippen molar-refractivity contribution in [2.75, 3.05) is 12.4 Å². The second kappa shape index (κ2) is 8.99. The van der Waals surface area contributed by atoms with E-state index in [0.717, 1.165) is 16.8 Å². The van der Waals surface area contributed by atoms with Crippen LogP contribution in [0.2, 0.25) is 0 Å². The van der Waals surface area contributed by atoms with Gasteiger partial charge in [-0.05, 0) is 30.2 Å². The van der Waals surface area contributed by atoms with E-state index in [4.69, 9.17) is 4.74 Å². The summed E-state index contributed by atoms with van der Waals surface area (Å²) in [6.45, 7) is 3.80. The first-order chi connectivity index (χ1) is 12.0. The van der Waals surface area contributed by atoms with Gasteiger partial charge in [-0.3, -0.25) is 10.1 Å². The fourth-order valence-electron chi connectivity index (χ4n) is 2.51. The molecule has 0 spiro atoms. The predicted molar refractivity (Wildman–Crippen MR) is 98.1 cm³/mol. The SMILES string of the molecule is CCC(=O)Nc1ccc([C@@H](C)N[C@H](C(=O)OC)c2ccccc2)cc1. The Bertz CT molecular complexity index is 699. The fraction of sp³-hybridized carbons (Fsp3) is 0.300. The maximum Gasteiger partial charge on any atom is 0.327 e. The number of hydrogen-bond donors (Lipinski definition) is 2. The summed E-state index contributed by atoms with van der Waals surface area (Å²) < 4.78 is 4.93. The highest BCUT2D eigenvalue weighted by Crippen LogP contribution is 2.22. The first-order valence-electron chi connectivity index (χ1n) is 8.33. The Hall–Kier alpha value is -2.66. The lowest BCUT2D eigenvalue weighted by Crippen LogP contribution is -2.31. The lowest BCUT2D eigenvalue weighted by molar-refractivity contribution is -0.143. The Morgan fingerprint density at radius 3 is 2.20 bits per heavy atom. The van der Waals surface area contributed by atoms with Crippen LogP contribution in [0, 0.1) is 0 Å². The highest BCUT2D eigenvalue weighted by atomic mass is 16.5. The summed E-state index contributed by atoms with van der Waals surface area (Å²) in [5, 5.41) is 6.13. The number of hydrogen-bond acceptors (Lipinski definition) is 4. The molecule has 0 unspecified atom stereocenters. The van der Waals surface area contributed by atoms with E-state index >= 15 is 0 Å². The van der Waals surface area contributed by atoms with Crippen molar-refractivity contribution in [2.24, 2.45) is 0 Å². The van der Waals surface area contributed by atoms with Gasteiger partial charge in [0.05, 0.1) is 7.11 Å². The van der Waals surface area contributed by atoms with Crippen molar-refractivity contribution >= 4 is 17.6 Å². The molecule has 0 aliphatic carbocycles. The topological polar surface area (TPSA) is 67.4 Å². The van der Waals surface area contributed by atoms with Gasteiger partial charge >= 0.3 is 5.97 Å². The van der Waals surface area contributed by atoms with E-state index < -0.39 is 6.04 Å². The lowest BCUT2D eigenvalue weighted by Gasteiger charge is -2.22. The number of carbonyl (C=O) groups excluding carboxylic acids is 2. The average molecular weight is 340 g/mol. The van der Waals surface area contributed by atoms with Crippen LogP contribution in [0.3, 0.4) is 0 Å². The summed E-state index contributed by atoms with van der Waals surface area (Å²) in [5.41, 5.74) is 2.63. The molecular formula is C20H24N2O3. The van der Waals surface area contributed by atoms with Gasteiger partial charge in [0, 0.05) is 18.2 Å². The number of ether oxygens (including phenoxy) is 1. The van der Waals surface area contributed by atoms with E-state index in [-0.39, 0.29) is 17.9 Å². The number of esters is 1. The number of anilines is 1. The van der Waals surface area contributed by atoms with Gasteiger partial charge in [0.1, 0.15) is 6.04 Å². The van der Waals surface area contributed by atoms with Crippen molar-refractivity contribution in [3.8, 4) is 0 Å². The first-order valence-corrected chi connectivity index (χ1v) is 8.33. The molecule has 2 atom stereocenters. The van der Waals surface area contributed by atoms with Gasteiger partial charge in [0.15, 0.2) is 0 Å². The zero-order valence-electron chi connectivity index (χ0n) is 14.8. The number of rotatable bonds is 7. The predicted octanol–water partition coefficient (Wildman–Crippen LogP) is 3.60. The van der Waals surface area contributed by atoms with Crippen molar-refractivity contribution in [3.05, 3.63) is 65.7 Å². The minimum Gasteiger partial charge on any atom is -0.468 e. The Morgan fingerprint density at radius 1 is 1.00 bits per heavy atom. The Labute approximate surface area is 148 Å². The molecule has 2 aromatic carbocycles. The maximum absolute atomic E-state index is 12.2. The molecule has 132 valence electrons. The number of benzene rings is 2. The summed E-state index contributed by atoms with van der Waals surface area (Å²) in [6.07, 6.45) is 0.442. The van der Waals surface area contributed by atoms with Gasteiger partial charge in [-0.2, -0.15) is 0 Å². The Morgan fingerprint density at radius 2 is 1.64 bits per heavy atom. The van der Waals surface area contributed by atoms with Crippen LogP contribution < -0.4 is 10.6 Å². The molecule has 0 aromatic heterocycles. The monoisotopic (exact) mass is 340 g/mol. The standard InChI is InChI=1S/C20H24N2O3/c1-4-18(23)22-17-12-10-15(11-13-17)14(2)21-19(20(24)25-3)16-8-6-5-7-9-16/h5-14,19,21H,4H2,1-3H3,(H,22,23)/t14-,19+/m1/s1. The van der Waals surface area contributed by atoms with Gasteiger partial charge in [-0.15, -0.1) is 0 Å². The third-order valence-corrected chi connectivity index (χ3v) is 4.00. The zero-order chi connectivity index (χ0) is 18.2. The van der Waals surface area contributed by atoms with Crippen LogP contribution in [0.5, 0.6) is 0 Å². The molecule has 25 heavy (non-hydrogen) atoms. The second-order valence-electron chi connectivity index (χ2n) is 5.78. The number of nitrogens with one attached hydrogen (secondary N) is 2. The number of amides is 1. The molecule has 0 heterocycles. The quantitative estimate of drug-likeness (QED) is 0.756. The smallest absolute Gasteiger partial charge is 0.327 e. The molecule has 0 radical (unpaired) electrons. The largest absolute Gasteiger partial charge is 0.468 e. The number of carbonyl (C=O) groups is 2. The van der Waals surface area contributed by atoms with Gasteiger partial charge < -0.3 is 10.1 Å². The van der Waals surface area contributed by atoms with Crippen LogP contribution in [-0.4, -0.2) is 19.0 Å². The van der Waals surface area contributed by atoms with Crippen LogP contribution in [0.15, 0.2) is 54.6 Å². The molecule has 5 nitrogen and oxygen atoms in total. The molecule has 0 bridgehead atoms. The summed E-state index contributed by atoms with van der Waals surface area (Å²) in [7, 11) is 1.38.